The van der Waals surface area contributed by atoms with Gasteiger partial charge in [0.05, 0.1) is 5.54 Å². The minimum Gasteiger partial charge on any atom is -0.368 e. The predicted molar refractivity (Wildman–Crippen MR) is 63.9 cm³/mol. The lowest BCUT2D eigenvalue weighted by atomic mass is 10.0. The largest absolute Gasteiger partial charge is 0.368 e. The highest BCUT2D eigenvalue weighted by Crippen LogP contribution is 2.32. The van der Waals surface area contributed by atoms with Crippen molar-refractivity contribution < 1.29 is 9.18 Å². The van der Waals surface area contributed by atoms with Crippen molar-refractivity contribution in [2.45, 2.75) is 38.3 Å². The molecule has 4 heteroatoms. The summed E-state index contributed by atoms with van der Waals surface area (Å²) in [6, 6.07) is 4.88. The monoisotopic (exact) mass is 236 g/mol. The zero-order valence-corrected chi connectivity index (χ0v) is 10.1. The SMILES string of the molecule is CC(C)(NC1CCc2cc(F)ccc21)C(N)=O. The highest BCUT2D eigenvalue weighted by Gasteiger charge is 2.31. The molecule has 0 fully saturated rings. The lowest BCUT2D eigenvalue weighted by molar-refractivity contribution is -0.123. The molecule has 0 aliphatic heterocycles. The highest BCUT2D eigenvalue weighted by molar-refractivity contribution is 5.83. The molecule has 0 radical (unpaired) electrons. The zero-order valence-electron chi connectivity index (χ0n) is 10.1. The van der Waals surface area contributed by atoms with E-state index in [0.717, 1.165) is 24.0 Å². The second kappa shape index (κ2) is 4.11. The average molecular weight is 236 g/mol. The predicted octanol–water partition coefficient (Wildman–Crippen LogP) is 1.67. The number of aryl methyl sites for hydroxylation is 1. The van der Waals surface area contributed by atoms with Gasteiger partial charge in [0.1, 0.15) is 5.82 Å². The number of primary amides is 1. The van der Waals surface area contributed by atoms with Gasteiger partial charge in [-0.2, -0.15) is 0 Å². The van der Waals surface area contributed by atoms with E-state index in [0.29, 0.717) is 0 Å². The van der Waals surface area contributed by atoms with Gasteiger partial charge >= 0.3 is 0 Å². The van der Waals surface area contributed by atoms with Crippen LogP contribution >= 0.6 is 0 Å². The van der Waals surface area contributed by atoms with Crippen molar-refractivity contribution in [3.05, 3.63) is 35.1 Å². The molecule has 92 valence electrons. The fourth-order valence-electron chi connectivity index (χ4n) is 2.24. The first-order valence-corrected chi connectivity index (χ1v) is 5.76. The molecular formula is C13H17FN2O. The number of benzene rings is 1. The van der Waals surface area contributed by atoms with E-state index in [1.54, 1.807) is 26.0 Å². The average Bonchev–Trinajstić information content (AvgIpc) is 2.60. The van der Waals surface area contributed by atoms with Crippen molar-refractivity contribution in [1.82, 2.24) is 5.32 Å². The smallest absolute Gasteiger partial charge is 0.237 e. The van der Waals surface area contributed by atoms with Crippen LogP contribution in [-0.4, -0.2) is 11.4 Å². The topological polar surface area (TPSA) is 55.1 Å². The molecule has 1 aliphatic rings. The van der Waals surface area contributed by atoms with Crippen LogP contribution in [0.2, 0.25) is 0 Å². The molecule has 1 unspecified atom stereocenters. The first-order valence-electron chi connectivity index (χ1n) is 5.76. The van der Waals surface area contributed by atoms with Crippen LogP contribution in [0.15, 0.2) is 18.2 Å². The van der Waals surface area contributed by atoms with Gasteiger partial charge in [0, 0.05) is 6.04 Å². The summed E-state index contributed by atoms with van der Waals surface area (Å²) in [5.74, 6) is -0.591. The van der Waals surface area contributed by atoms with Crippen LogP contribution in [0.1, 0.15) is 37.4 Å². The van der Waals surface area contributed by atoms with Gasteiger partial charge in [-0.15, -0.1) is 0 Å². The Balaban J connectivity index is 2.20. The number of halogens is 1. The molecule has 0 spiro atoms. The minimum absolute atomic E-state index is 0.0769. The lowest BCUT2D eigenvalue weighted by Gasteiger charge is -2.27. The number of hydrogen-bond acceptors (Lipinski definition) is 2. The summed E-state index contributed by atoms with van der Waals surface area (Å²) in [4.78, 5) is 11.3. The number of fused-ring (bicyclic) bond motifs is 1. The summed E-state index contributed by atoms with van der Waals surface area (Å²) in [5.41, 5.74) is 6.67. The van der Waals surface area contributed by atoms with Crippen LogP contribution < -0.4 is 11.1 Å². The molecule has 0 heterocycles. The molecule has 1 aromatic carbocycles. The van der Waals surface area contributed by atoms with E-state index in [-0.39, 0.29) is 17.8 Å². The molecule has 17 heavy (non-hydrogen) atoms. The van der Waals surface area contributed by atoms with Crippen molar-refractivity contribution in [3.63, 3.8) is 0 Å². The van der Waals surface area contributed by atoms with E-state index in [2.05, 4.69) is 5.32 Å². The van der Waals surface area contributed by atoms with Crippen LogP contribution in [0, 0.1) is 5.82 Å². The van der Waals surface area contributed by atoms with E-state index < -0.39 is 5.54 Å². The number of carbonyl (C=O) groups excluding carboxylic acids is 1. The summed E-state index contributed by atoms with van der Waals surface area (Å²) in [5, 5.41) is 3.23. The molecule has 0 saturated heterocycles. The Labute approximate surface area is 100 Å². The van der Waals surface area contributed by atoms with Gasteiger partial charge in [0.2, 0.25) is 5.91 Å². The second-order valence-corrected chi connectivity index (χ2v) is 5.07. The van der Waals surface area contributed by atoms with Crippen LogP contribution in [0.5, 0.6) is 0 Å². The van der Waals surface area contributed by atoms with Gasteiger partial charge in [-0.3, -0.25) is 10.1 Å². The summed E-state index contributed by atoms with van der Waals surface area (Å²) >= 11 is 0. The number of hydrogen-bond donors (Lipinski definition) is 2. The third-order valence-electron chi connectivity index (χ3n) is 3.33. The van der Waals surface area contributed by atoms with Gasteiger partial charge in [0.25, 0.3) is 0 Å². The quantitative estimate of drug-likeness (QED) is 0.838. The Morgan fingerprint density at radius 2 is 2.24 bits per heavy atom. The summed E-state index contributed by atoms with van der Waals surface area (Å²) in [6.07, 6.45) is 1.70. The number of carbonyl (C=O) groups is 1. The van der Waals surface area contributed by atoms with Crippen molar-refractivity contribution in [3.8, 4) is 0 Å². The number of nitrogens with one attached hydrogen (secondary N) is 1. The van der Waals surface area contributed by atoms with E-state index in [1.807, 2.05) is 0 Å². The van der Waals surface area contributed by atoms with Crippen molar-refractivity contribution >= 4 is 5.91 Å². The molecule has 1 atom stereocenters. The van der Waals surface area contributed by atoms with Crippen LogP contribution in [-0.2, 0) is 11.2 Å². The van der Waals surface area contributed by atoms with Crippen LogP contribution in [0.25, 0.3) is 0 Å². The van der Waals surface area contributed by atoms with E-state index >= 15 is 0 Å². The Hall–Kier alpha value is -1.42. The standard InChI is InChI=1S/C13H17FN2O/c1-13(2,12(15)17)16-11-6-3-8-7-9(14)4-5-10(8)11/h4-5,7,11,16H,3,6H2,1-2H3,(H2,15,17). The van der Waals surface area contributed by atoms with Crippen molar-refractivity contribution in [2.24, 2.45) is 5.73 Å². The molecule has 3 nitrogen and oxygen atoms in total. The van der Waals surface area contributed by atoms with Crippen LogP contribution in [0.4, 0.5) is 4.39 Å². The van der Waals surface area contributed by atoms with Crippen molar-refractivity contribution in [1.29, 1.82) is 0 Å². The molecular weight excluding hydrogens is 219 g/mol. The summed E-state index contributed by atoms with van der Waals surface area (Å²) in [7, 11) is 0. The Morgan fingerprint density at radius 3 is 2.88 bits per heavy atom. The Bertz CT molecular complexity index is 457. The minimum atomic E-state index is -0.749. The second-order valence-electron chi connectivity index (χ2n) is 5.07. The van der Waals surface area contributed by atoms with Crippen LogP contribution in [0.3, 0.4) is 0 Å². The maximum absolute atomic E-state index is 13.1. The fourth-order valence-corrected chi connectivity index (χ4v) is 2.24. The Kier molecular flexibility index (Phi) is 2.91. The molecule has 2 rings (SSSR count). The fraction of sp³-hybridized carbons (Fsp3) is 0.462. The first kappa shape index (κ1) is 12.0. The normalized spacial score (nSPS) is 19.1. The number of rotatable bonds is 3. The molecule has 0 bridgehead atoms. The van der Waals surface area contributed by atoms with E-state index in [9.17, 15) is 9.18 Å². The lowest BCUT2D eigenvalue weighted by Crippen LogP contribution is -2.51. The maximum atomic E-state index is 13.1. The number of amides is 1. The molecule has 0 saturated carbocycles. The molecule has 1 aliphatic carbocycles. The van der Waals surface area contributed by atoms with Gasteiger partial charge in [-0.25, -0.2) is 4.39 Å². The third kappa shape index (κ3) is 2.31. The highest BCUT2D eigenvalue weighted by atomic mass is 19.1. The maximum Gasteiger partial charge on any atom is 0.237 e. The molecule has 1 amide bonds. The molecule has 3 N–H and O–H groups in total. The third-order valence-corrected chi connectivity index (χ3v) is 3.33. The summed E-state index contributed by atoms with van der Waals surface area (Å²) in [6.45, 7) is 3.52. The molecule has 0 aromatic heterocycles. The van der Waals surface area contributed by atoms with Gasteiger partial charge in [0.15, 0.2) is 0 Å². The van der Waals surface area contributed by atoms with Gasteiger partial charge < -0.3 is 5.73 Å². The zero-order chi connectivity index (χ0) is 12.6. The van der Waals surface area contributed by atoms with Crippen molar-refractivity contribution in [2.75, 3.05) is 0 Å². The van der Waals surface area contributed by atoms with Gasteiger partial charge in [-0.05, 0) is 49.9 Å². The first-order chi connectivity index (χ1) is 7.90. The van der Waals surface area contributed by atoms with E-state index in [4.69, 9.17) is 5.73 Å². The van der Waals surface area contributed by atoms with E-state index in [1.165, 1.54) is 6.07 Å². The Morgan fingerprint density at radius 1 is 1.53 bits per heavy atom. The number of nitrogens with two attached hydrogens (primary N) is 1. The molecule has 1 aromatic rings. The summed E-state index contributed by atoms with van der Waals surface area (Å²) < 4.78 is 13.1. The van der Waals surface area contributed by atoms with Gasteiger partial charge in [-0.1, -0.05) is 6.07 Å².